The van der Waals surface area contributed by atoms with Crippen molar-refractivity contribution in [3.05, 3.63) is 29.8 Å². The van der Waals surface area contributed by atoms with Gasteiger partial charge in [-0.25, -0.2) is 0 Å². The third-order valence-electron chi connectivity index (χ3n) is 3.56. The number of unbranched alkanes of at least 4 members (excludes halogenated alkanes) is 2. The summed E-state index contributed by atoms with van der Waals surface area (Å²) in [7, 11) is -0.723. The second-order valence-corrected chi connectivity index (χ2v) is 7.28. The number of benzene rings is 1. The van der Waals surface area contributed by atoms with Gasteiger partial charge in [-0.3, -0.25) is 4.21 Å². The van der Waals surface area contributed by atoms with Crippen LogP contribution in [0.4, 0.5) is 0 Å². The van der Waals surface area contributed by atoms with Crippen LogP contribution in [0.5, 0.6) is 5.75 Å². The minimum atomic E-state index is -0.723. The van der Waals surface area contributed by atoms with Gasteiger partial charge in [0.05, 0.1) is 6.61 Å². The fourth-order valence-corrected chi connectivity index (χ4v) is 2.40. The molecular formula is C17H29NO2S. The van der Waals surface area contributed by atoms with Crippen LogP contribution in [0.25, 0.3) is 0 Å². The average Bonchev–Trinajstić information content (AvgIpc) is 2.49. The first-order valence-electron chi connectivity index (χ1n) is 7.88. The first kappa shape index (κ1) is 18.2. The van der Waals surface area contributed by atoms with Crippen LogP contribution in [0.3, 0.4) is 0 Å². The van der Waals surface area contributed by atoms with Crippen LogP contribution in [0.15, 0.2) is 24.3 Å². The molecule has 0 aliphatic heterocycles. The van der Waals surface area contributed by atoms with Crippen LogP contribution < -0.4 is 10.1 Å². The second-order valence-electron chi connectivity index (χ2n) is 5.47. The van der Waals surface area contributed by atoms with Gasteiger partial charge in [0.25, 0.3) is 0 Å². The highest BCUT2D eigenvalue weighted by atomic mass is 32.2. The summed E-state index contributed by atoms with van der Waals surface area (Å²) >= 11 is 0. The minimum Gasteiger partial charge on any atom is -0.494 e. The van der Waals surface area contributed by atoms with Crippen molar-refractivity contribution in [2.75, 3.05) is 19.4 Å². The van der Waals surface area contributed by atoms with Gasteiger partial charge in [0, 0.05) is 28.9 Å². The van der Waals surface area contributed by atoms with Gasteiger partial charge in [-0.05, 0) is 37.1 Å². The maximum atomic E-state index is 11.2. The van der Waals surface area contributed by atoms with Gasteiger partial charge in [0.1, 0.15) is 5.75 Å². The summed E-state index contributed by atoms with van der Waals surface area (Å²) in [4.78, 5) is 0. The Morgan fingerprint density at radius 3 is 2.57 bits per heavy atom. The second kappa shape index (κ2) is 10.8. The van der Waals surface area contributed by atoms with E-state index in [0.29, 0.717) is 0 Å². The molecule has 0 fully saturated rings. The molecule has 0 aliphatic carbocycles. The van der Waals surface area contributed by atoms with E-state index >= 15 is 0 Å². The number of ether oxygens (including phenoxy) is 1. The van der Waals surface area contributed by atoms with Crippen molar-refractivity contribution < 1.29 is 8.95 Å². The van der Waals surface area contributed by atoms with Crippen molar-refractivity contribution in [1.82, 2.24) is 5.32 Å². The minimum absolute atomic E-state index is 0.261. The highest BCUT2D eigenvalue weighted by Crippen LogP contribution is 2.13. The lowest BCUT2D eigenvalue weighted by Crippen LogP contribution is -2.20. The fraction of sp³-hybridized carbons (Fsp3) is 0.647. The molecule has 0 amide bonds. The first-order valence-corrected chi connectivity index (χ1v) is 9.50. The highest BCUT2D eigenvalue weighted by molar-refractivity contribution is 7.84. The molecule has 21 heavy (non-hydrogen) atoms. The van der Waals surface area contributed by atoms with Gasteiger partial charge in [0.2, 0.25) is 0 Å². The number of rotatable bonds is 11. The lowest BCUT2D eigenvalue weighted by Gasteiger charge is -2.10. The molecule has 2 atom stereocenters. The van der Waals surface area contributed by atoms with Crippen molar-refractivity contribution in [1.29, 1.82) is 0 Å². The van der Waals surface area contributed by atoms with Gasteiger partial charge in [-0.15, -0.1) is 0 Å². The standard InChI is InChI=1S/C17H29NO2S/c1-4-5-6-13-20-17-9-7-16(8-10-17)14-18-12-11-15(2)21(3)19/h7-10,15,18H,4-6,11-14H2,1-3H3. The van der Waals surface area contributed by atoms with E-state index in [1.54, 1.807) is 6.26 Å². The monoisotopic (exact) mass is 311 g/mol. The topological polar surface area (TPSA) is 38.3 Å². The molecular weight excluding hydrogens is 282 g/mol. The highest BCUT2D eigenvalue weighted by Gasteiger charge is 2.04. The molecule has 0 radical (unpaired) electrons. The van der Waals surface area contributed by atoms with Crippen LogP contribution in [0.2, 0.25) is 0 Å². The molecule has 120 valence electrons. The molecule has 4 heteroatoms. The Labute approximate surface area is 131 Å². The molecule has 2 unspecified atom stereocenters. The molecule has 3 nitrogen and oxygen atoms in total. The summed E-state index contributed by atoms with van der Waals surface area (Å²) in [5.74, 6) is 0.949. The van der Waals surface area contributed by atoms with Crippen molar-refractivity contribution in [2.24, 2.45) is 0 Å². The van der Waals surface area contributed by atoms with E-state index in [1.165, 1.54) is 18.4 Å². The van der Waals surface area contributed by atoms with E-state index in [9.17, 15) is 4.21 Å². The zero-order chi connectivity index (χ0) is 15.5. The number of hydrogen-bond donors (Lipinski definition) is 1. The summed E-state index contributed by atoms with van der Waals surface area (Å²) in [6.07, 6.45) is 6.28. The predicted molar refractivity (Wildman–Crippen MR) is 91.3 cm³/mol. The van der Waals surface area contributed by atoms with E-state index in [4.69, 9.17) is 4.74 Å². The van der Waals surface area contributed by atoms with Gasteiger partial charge in [-0.2, -0.15) is 0 Å². The molecule has 1 aromatic rings. The molecule has 1 N–H and O–H groups in total. The zero-order valence-corrected chi connectivity index (χ0v) is 14.4. The van der Waals surface area contributed by atoms with Crippen molar-refractivity contribution in [2.45, 2.75) is 51.3 Å². The average molecular weight is 311 g/mol. The first-order chi connectivity index (χ1) is 10.1. The van der Waals surface area contributed by atoms with Crippen LogP contribution in [-0.2, 0) is 17.3 Å². The Balaban J connectivity index is 2.20. The summed E-state index contributed by atoms with van der Waals surface area (Å²) in [5.41, 5.74) is 1.25. The summed E-state index contributed by atoms with van der Waals surface area (Å²) in [5, 5.41) is 3.65. The quantitative estimate of drug-likeness (QED) is 0.636. The molecule has 0 saturated carbocycles. The number of hydrogen-bond acceptors (Lipinski definition) is 3. The zero-order valence-electron chi connectivity index (χ0n) is 13.6. The SMILES string of the molecule is CCCCCOc1ccc(CNCCC(C)S(C)=O)cc1. The van der Waals surface area contributed by atoms with E-state index in [1.807, 2.05) is 19.1 Å². The van der Waals surface area contributed by atoms with Crippen LogP contribution >= 0.6 is 0 Å². The molecule has 0 aliphatic rings. The van der Waals surface area contributed by atoms with E-state index in [2.05, 4.69) is 24.4 Å². The fourth-order valence-electron chi connectivity index (χ4n) is 1.95. The number of nitrogens with one attached hydrogen (secondary N) is 1. The van der Waals surface area contributed by atoms with Crippen molar-refractivity contribution in [3.8, 4) is 5.75 Å². The molecule has 0 saturated heterocycles. The van der Waals surface area contributed by atoms with Crippen LogP contribution in [-0.4, -0.2) is 28.9 Å². The largest absolute Gasteiger partial charge is 0.494 e. The van der Waals surface area contributed by atoms with Gasteiger partial charge >= 0.3 is 0 Å². The van der Waals surface area contributed by atoms with Gasteiger partial charge in [-0.1, -0.05) is 38.8 Å². The van der Waals surface area contributed by atoms with Crippen molar-refractivity contribution in [3.63, 3.8) is 0 Å². The molecule has 1 rings (SSSR count). The molecule has 0 heterocycles. The Bertz CT molecular complexity index is 406. The van der Waals surface area contributed by atoms with Crippen LogP contribution in [0, 0.1) is 0 Å². The Kier molecular flexibility index (Phi) is 9.35. The van der Waals surface area contributed by atoms with E-state index in [-0.39, 0.29) is 5.25 Å². The normalized spacial score (nSPS) is 13.9. The smallest absolute Gasteiger partial charge is 0.119 e. The van der Waals surface area contributed by atoms with Crippen LogP contribution in [0.1, 0.15) is 45.1 Å². The Morgan fingerprint density at radius 2 is 1.95 bits per heavy atom. The third-order valence-corrected chi connectivity index (χ3v) is 4.93. The molecule has 1 aromatic carbocycles. The van der Waals surface area contributed by atoms with Crippen molar-refractivity contribution >= 4 is 10.8 Å². The lowest BCUT2D eigenvalue weighted by molar-refractivity contribution is 0.306. The van der Waals surface area contributed by atoms with Gasteiger partial charge < -0.3 is 10.1 Å². The van der Waals surface area contributed by atoms with Gasteiger partial charge in [0.15, 0.2) is 0 Å². The summed E-state index contributed by atoms with van der Waals surface area (Å²) < 4.78 is 16.9. The van der Waals surface area contributed by atoms with E-state index < -0.39 is 10.8 Å². The van der Waals surface area contributed by atoms with E-state index in [0.717, 1.165) is 38.3 Å². The summed E-state index contributed by atoms with van der Waals surface area (Å²) in [6, 6.07) is 8.27. The molecule has 0 bridgehead atoms. The Hall–Kier alpha value is -0.870. The lowest BCUT2D eigenvalue weighted by atomic mass is 10.2. The summed E-state index contributed by atoms with van der Waals surface area (Å²) in [6.45, 7) is 6.77. The third kappa shape index (κ3) is 8.22. The maximum absolute atomic E-state index is 11.2. The molecule has 0 spiro atoms. The predicted octanol–water partition coefficient (Wildman–Crippen LogP) is 3.50. The maximum Gasteiger partial charge on any atom is 0.119 e. The Morgan fingerprint density at radius 1 is 1.24 bits per heavy atom. The molecule has 0 aromatic heterocycles.